The number of nitro groups is 1. The molecule has 1 saturated heterocycles. The number of benzene rings is 1. The van der Waals surface area contributed by atoms with E-state index in [1.54, 1.807) is 12.1 Å². The molecule has 10 heteroatoms. The van der Waals surface area contributed by atoms with Gasteiger partial charge in [0.2, 0.25) is 0 Å². The molecule has 1 aromatic rings. The normalized spacial score (nSPS) is 14.0. The van der Waals surface area contributed by atoms with Gasteiger partial charge in [0.15, 0.2) is 0 Å². The Kier molecular flexibility index (Phi) is 11.1. The minimum Gasteiger partial charge on any atom is -0.433 e. The fraction of sp³-hybridized carbons (Fsp3) is 0.500. The second-order valence-corrected chi connectivity index (χ2v) is 4.90. The van der Waals surface area contributed by atoms with Crippen LogP contribution >= 0.6 is 24.8 Å². The molecule has 0 unspecified atom stereocenters. The highest BCUT2D eigenvalue weighted by Gasteiger charge is 2.11. The van der Waals surface area contributed by atoms with Crippen molar-refractivity contribution >= 4 is 36.7 Å². The minimum absolute atomic E-state index is 0. The van der Waals surface area contributed by atoms with Crippen LogP contribution in [0.5, 0.6) is 0 Å². The molecule has 8 nitrogen and oxygen atoms in total. The lowest BCUT2D eigenvalue weighted by molar-refractivity contribution is -0.384. The van der Waals surface area contributed by atoms with E-state index in [9.17, 15) is 14.9 Å². The zero-order valence-corrected chi connectivity index (χ0v) is 14.6. The van der Waals surface area contributed by atoms with Crippen LogP contribution in [0.15, 0.2) is 24.3 Å². The van der Waals surface area contributed by atoms with Crippen molar-refractivity contribution in [3.8, 4) is 0 Å². The maximum atomic E-state index is 11.4. The van der Waals surface area contributed by atoms with E-state index < -0.39 is 11.1 Å². The van der Waals surface area contributed by atoms with Gasteiger partial charge in [-0.05, 0) is 17.7 Å². The zero-order valence-electron chi connectivity index (χ0n) is 13.0. The summed E-state index contributed by atoms with van der Waals surface area (Å²) in [7, 11) is 0. The number of nitrogens with one attached hydrogen (secondary N) is 1. The van der Waals surface area contributed by atoms with Crippen LogP contribution in [-0.2, 0) is 16.1 Å². The predicted molar refractivity (Wildman–Crippen MR) is 93.0 cm³/mol. The molecule has 0 saturated carbocycles. The number of halogens is 2. The molecule has 0 aromatic heterocycles. The fourth-order valence-electron chi connectivity index (χ4n) is 2.09. The SMILES string of the molecule is Cl.Cl.O=C(OCCN1CCNCC1)OCc1ccc([N+](=O)[O-])cc1. The van der Waals surface area contributed by atoms with Crippen molar-refractivity contribution in [2.75, 3.05) is 39.3 Å². The number of hydrogen-bond acceptors (Lipinski definition) is 7. The third kappa shape index (κ3) is 7.78. The quantitative estimate of drug-likeness (QED) is 0.457. The predicted octanol–water partition coefficient (Wildman–Crippen LogP) is 2.00. The monoisotopic (exact) mass is 381 g/mol. The second-order valence-electron chi connectivity index (χ2n) is 4.90. The molecule has 0 amide bonds. The molecular weight excluding hydrogens is 361 g/mol. The summed E-state index contributed by atoms with van der Waals surface area (Å²) in [6, 6.07) is 5.83. The van der Waals surface area contributed by atoms with Gasteiger partial charge in [-0.1, -0.05) is 0 Å². The molecule has 136 valence electrons. The standard InChI is InChI=1S/C14H19N3O5.2ClH/c18-14(21-10-9-16-7-5-15-6-8-16)22-11-12-1-3-13(4-2-12)17(19)20;;/h1-4,15H,5-11H2;2*1H. The van der Waals surface area contributed by atoms with Crippen LogP contribution in [0.1, 0.15) is 5.56 Å². The number of piperazine rings is 1. The smallest absolute Gasteiger partial charge is 0.433 e. The molecule has 1 aliphatic rings. The van der Waals surface area contributed by atoms with Gasteiger partial charge in [-0.15, -0.1) is 24.8 Å². The minimum atomic E-state index is -0.728. The van der Waals surface area contributed by atoms with Gasteiger partial charge in [0.05, 0.1) is 4.92 Å². The van der Waals surface area contributed by atoms with Crippen LogP contribution in [0.4, 0.5) is 10.5 Å². The second kappa shape index (κ2) is 11.9. The van der Waals surface area contributed by atoms with Crippen molar-refractivity contribution in [1.82, 2.24) is 10.2 Å². The van der Waals surface area contributed by atoms with Crippen LogP contribution < -0.4 is 5.32 Å². The highest BCUT2D eigenvalue weighted by atomic mass is 35.5. The van der Waals surface area contributed by atoms with E-state index in [0.717, 1.165) is 26.2 Å². The van der Waals surface area contributed by atoms with E-state index in [2.05, 4.69) is 10.2 Å². The summed E-state index contributed by atoms with van der Waals surface area (Å²) in [5.74, 6) is 0. The number of ether oxygens (including phenoxy) is 2. The Morgan fingerprint density at radius 3 is 2.38 bits per heavy atom. The van der Waals surface area contributed by atoms with Crippen LogP contribution in [0.2, 0.25) is 0 Å². The summed E-state index contributed by atoms with van der Waals surface area (Å²) in [6.45, 7) is 4.80. The molecule has 2 rings (SSSR count). The number of nitro benzene ring substituents is 1. The number of rotatable bonds is 6. The van der Waals surface area contributed by atoms with E-state index in [1.165, 1.54) is 12.1 Å². The molecule has 0 spiro atoms. The summed E-state index contributed by atoms with van der Waals surface area (Å²) >= 11 is 0. The number of hydrogen-bond donors (Lipinski definition) is 1. The van der Waals surface area contributed by atoms with Crippen molar-refractivity contribution in [1.29, 1.82) is 0 Å². The van der Waals surface area contributed by atoms with Crippen LogP contribution in [0.3, 0.4) is 0 Å². The van der Waals surface area contributed by atoms with Crippen molar-refractivity contribution < 1.29 is 19.2 Å². The number of non-ortho nitro benzene ring substituents is 1. The molecule has 1 aromatic carbocycles. The van der Waals surface area contributed by atoms with Crippen LogP contribution in [0.25, 0.3) is 0 Å². The third-order valence-electron chi connectivity index (χ3n) is 3.34. The third-order valence-corrected chi connectivity index (χ3v) is 3.34. The first-order valence-electron chi connectivity index (χ1n) is 7.11. The molecular formula is C14H21Cl2N3O5. The van der Waals surface area contributed by atoms with Crippen molar-refractivity contribution in [2.45, 2.75) is 6.61 Å². The lowest BCUT2D eigenvalue weighted by Crippen LogP contribution is -2.44. The molecule has 24 heavy (non-hydrogen) atoms. The number of nitrogens with zero attached hydrogens (tertiary/aromatic N) is 2. The highest BCUT2D eigenvalue weighted by Crippen LogP contribution is 2.12. The van der Waals surface area contributed by atoms with Gasteiger partial charge in [-0.25, -0.2) is 4.79 Å². The maximum Gasteiger partial charge on any atom is 0.508 e. The average Bonchev–Trinajstić information content (AvgIpc) is 2.54. The average molecular weight is 382 g/mol. The van der Waals surface area contributed by atoms with Gasteiger partial charge in [0.1, 0.15) is 13.2 Å². The molecule has 0 aliphatic carbocycles. The van der Waals surface area contributed by atoms with Gasteiger partial charge in [0.25, 0.3) is 5.69 Å². The Morgan fingerprint density at radius 1 is 1.17 bits per heavy atom. The van der Waals surface area contributed by atoms with E-state index in [4.69, 9.17) is 9.47 Å². The van der Waals surface area contributed by atoms with E-state index in [-0.39, 0.29) is 37.1 Å². The number of carbonyl (C=O) groups is 1. The van der Waals surface area contributed by atoms with Crippen molar-refractivity contribution in [2.24, 2.45) is 0 Å². The van der Waals surface area contributed by atoms with Crippen LogP contribution in [-0.4, -0.2) is 55.3 Å². The Bertz CT molecular complexity index is 510. The number of carbonyl (C=O) groups excluding carboxylic acids is 1. The fourth-order valence-corrected chi connectivity index (χ4v) is 2.09. The molecule has 0 bridgehead atoms. The summed E-state index contributed by atoms with van der Waals surface area (Å²) < 4.78 is 9.95. The summed E-state index contributed by atoms with van der Waals surface area (Å²) in [5, 5.41) is 13.8. The molecule has 0 atom stereocenters. The van der Waals surface area contributed by atoms with Crippen molar-refractivity contribution in [3.63, 3.8) is 0 Å². The first-order valence-corrected chi connectivity index (χ1v) is 7.11. The first-order chi connectivity index (χ1) is 10.6. The van der Waals surface area contributed by atoms with Crippen molar-refractivity contribution in [3.05, 3.63) is 39.9 Å². The van der Waals surface area contributed by atoms with Crippen LogP contribution in [0, 0.1) is 10.1 Å². The van der Waals surface area contributed by atoms with Gasteiger partial charge in [0, 0.05) is 44.9 Å². The first kappa shape index (κ1) is 22.4. The Labute approximate surface area is 152 Å². The lowest BCUT2D eigenvalue weighted by Gasteiger charge is -2.26. The molecule has 1 aliphatic heterocycles. The van der Waals surface area contributed by atoms with Gasteiger partial charge >= 0.3 is 6.16 Å². The Hall–Kier alpha value is -1.61. The lowest BCUT2D eigenvalue weighted by atomic mass is 10.2. The largest absolute Gasteiger partial charge is 0.508 e. The summed E-state index contributed by atoms with van der Waals surface area (Å²) in [4.78, 5) is 23.7. The van der Waals surface area contributed by atoms with Gasteiger partial charge < -0.3 is 14.8 Å². The van der Waals surface area contributed by atoms with Gasteiger partial charge in [-0.2, -0.15) is 0 Å². The topological polar surface area (TPSA) is 93.9 Å². The van der Waals surface area contributed by atoms with Gasteiger partial charge in [-0.3, -0.25) is 15.0 Å². The van der Waals surface area contributed by atoms with E-state index >= 15 is 0 Å². The summed E-state index contributed by atoms with van der Waals surface area (Å²) in [5.41, 5.74) is 0.673. The Balaban J connectivity index is 0.00000264. The molecule has 1 fully saturated rings. The molecule has 0 radical (unpaired) electrons. The molecule has 1 N–H and O–H groups in total. The van der Waals surface area contributed by atoms with E-state index in [1.807, 2.05) is 0 Å². The summed E-state index contributed by atoms with van der Waals surface area (Å²) in [6.07, 6.45) is -0.728. The zero-order chi connectivity index (χ0) is 15.8. The van der Waals surface area contributed by atoms with E-state index in [0.29, 0.717) is 18.7 Å². The highest BCUT2D eigenvalue weighted by molar-refractivity contribution is 5.85. The molecule has 1 heterocycles. The maximum absolute atomic E-state index is 11.4. The Morgan fingerprint density at radius 2 is 1.79 bits per heavy atom.